The number of piperidine rings is 1. The van der Waals surface area contributed by atoms with E-state index in [0.29, 0.717) is 42.7 Å². The normalized spacial score (nSPS) is 19.1. The van der Waals surface area contributed by atoms with Crippen molar-refractivity contribution in [2.75, 3.05) is 71.2 Å². The summed E-state index contributed by atoms with van der Waals surface area (Å²) < 4.78 is 45.1. The van der Waals surface area contributed by atoms with Crippen LogP contribution < -0.4 is 10.2 Å². The Labute approximate surface area is 331 Å². The largest absolute Gasteiger partial charge is 0.383 e. The number of aromatic nitrogens is 6. The smallest absolute Gasteiger partial charge is 0.252 e. The van der Waals surface area contributed by atoms with Crippen LogP contribution in [0.2, 0.25) is 0 Å². The van der Waals surface area contributed by atoms with Gasteiger partial charge in [-0.25, -0.2) is 22.9 Å². The molecule has 1 saturated carbocycles. The second-order valence-electron chi connectivity index (χ2n) is 15.3. The molecule has 2 unspecified atom stereocenters. The van der Waals surface area contributed by atoms with Crippen molar-refractivity contribution in [3.05, 3.63) is 29.0 Å². The van der Waals surface area contributed by atoms with E-state index in [9.17, 15) is 18.4 Å². The molecule has 0 spiro atoms. The highest BCUT2D eigenvalue weighted by molar-refractivity contribution is 5.96. The summed E-state index contributed by atoms with van der Waals surface area (Å²) in [4.78, 5) is 38.4. The van der Waals surface area contributed by atoms with E-state index in [0.717, 1.165) is 75.6 Å². The maximum Gasteiger partial charge on any atom is 0.252 e. The number of rotatable bonds is 15. The van der Waals surface area contributed by atoms with Crippen LogP contribution in [0.4, 0.5) is 14.6 Å². The number of nitrogens with one attached hydrogen (secondary N) is 1. The molecule has 1 N–H and O–H groups in total. The Bertz CT molecular complexity index is 1650. The number of hydrogen-bond donors (Lipinski definition) is 1. The number of ketones is 1. The Kier molecular flexibility index (Phi) is 18.2. The Hall–Kier alpha value is -3.63. The van der Waals surface area contributed by atoms with Crippen LogP contribution in [-0.2, 0) is 20.7 Å². The number of amides is 1. The molecule has 1 aliphatic carbocycles. The molecule has 3 fully saturated rings. The van der Waals surface area contributed by atoms with Crippen molar-refractivity contribution >= 4 is 23.3 Å². The number of fused-ring (bicyclic) bond motifs is 1. The van der Waals surface area contributed by atoms with E-state index in [1.54, 1.807) is 25.5 Å². The first kappa shape index (κ1) is 46.8. The van der Waals surface area contributed by atoms with Gasteiger partial charge < -0.3 is 19.7 Å². The number of carbonyl (C=O) groups is 2. The van der Waals surface area contributed by atoms with E-state index in [1.807, 2.05) is 54.7 Å². The molecule has 3 aromatic rings. The summed E-state index contributed by atoms with van der Waals surface area (Å²) in [5.74, 6) is 1.37. The lowest BCUT2D eigenvalue weighted by Crippen LogP contribution is -2.48. The van der Waals surface area contributed by atoms with Crippen LogP contribution in [0.15, 0.2) is 10.8 Å². The molecule has 2 aliphatic heterocycles. The highest BCUT2D eigenvalue weighted by atomic mass is 19.2. The number of piperazine rings is 1. The third-order valence-corrected chi connectivity index (χ3v) is 10.4. The van der Waals surface area contributed by atoms with Crippen molar-refractivity contribution in [3.8, 4) is 0 Å². The molecule has 3 atom stereocenters. The number of nitrogens with zero attached hydrogens (tertiary/aromatic N) is 8. The molecule has 0 aromatic carbocycles. The number of halogens is 2. The lowest BCUT2D eigenvalue weighted by Gasteiger charge is -2.36. The Morgan fingerprint density at radius 2 is 1.71 bits per heavy atom. The second kappa shape index (κ2) is 21.8. The molecule has 3 aromatic heterocycles. The maximum atomic E-state index is 14.6. The predicted octanol–water partition coefficient (Wildman–Crippen LogP) is 6.40. The Morgan fingerprint density at radius 1 is 1.04 bits per heavy atom. The molecule has 1 amide bonds. The van der Waals surface area contributed by atoms with Gasteiger partial charge in [0.25, 0.3) is 5.78 Å². The van der Waals surface area contributed by atoms with Crippen molar-refractivity contribution in [1.82, 2.24) is 40.1 Å². The molecular weight excluding hydrogens is 724 g/mol. The van der Waals surface area contributed by atoms with Crippen molar-refractivity contribution in [2.45, 2.75) is 124 Å². The fraction of sp³-hybridized carbons (Fsp3) is 0.775. The average molecular weight is 792 g/mol. The summed E-state index contributed by atoms with van der Waals surface area (Å²) in [6.07, 6.45) is 6.29. The lowest BCUT2D eigenvalue weighted by atomic mass is 9.90. The van der Waals surface area contributed by atoms with Crippen LogP contribution >= 0.6 is 0 Å². The standard InChI is InChI=1S/C27H43F2N7O3.C9H12N2O2.2C2H6/c1-19(17-39-26(2,3)27(4,29)18-28)22-16-36-25(31-22)32-23(35-11-9-34(10-12-35)13-14-38-5)21(33-36)15-20-7-6-8-30-24(20)37;1-5(2)9(12)8-7(6-3-4-6)10-13-11-8;2*1-2/h16,19-20H,6-15,17-18H2,1-5H3,(H,30,37);5-6H,3-4H2,1-2H3;2*1-2H3/t19?,20-,27?;;;/m1.../s1. The molecule has 316 valence electrons. The summed E-state index contributed by atoms with van der Waals surface area (Å²) in [5.41, 5.74) is -0.707. The van der Waals surface area contributed by atoms with Crippen LogP contribution in [0.25, 0.3) is 5.78 Å². The van der Waals surface area contributed by atoms with Gasteiger partial charge in [0.1, 0.15) is 18.1 Å². The fourth-order valence-corrected chi connectivity index (χ4v) is 6.15. The Morgan fingerprint density at radius 3 is 2.30 bits per heavy atom. The van der Waals surface area contributed by atoms with Gasteiger partial charge in [0, 0.05) is 76.5 Å². The van der Waals surface area contributed by atoms with E-state index >= 15 is 0 Å². The first-order chi connectivity index (χ1) is 26.7. The minimum absolute atomic E-state index is 0.0307. The molecule has 16 heteroatoms. The molecular formula is C40H67F2N9O5. The summed E-state index contributed by atoms with van der Waals surface area (Å²) in [5, 5.41) is 15.3. The predicted molar refractivity (Wildman–Crippen MR) is 213 cm³/mol. The van der Waals surface area contributed by atoms with Gasteiger partial charge in [-0.05, 0) is 51.6 Å². The highest BCUT2D eigenvalue weighted by Gasteiger charge is 2.43. The molecule has 56 heavy (non-hydrogen) atoms. The number of imidazole rings is 1. The molecule has 5 heterocycles. The molecule has 2 saturated heterocycles. The number of alkyl halides is 2. The van der Waals surface area contributed by atoms with Crippen LogP contribution in [0.3, 0.4) is 0 Å². The Balaban J connectivity index is 0.000000411. The third-order valence-electron chi connectivity index (χ3n) is 10.4. The number of anilines is 1. The van der Waals surface area contributed by atoms with E-state index in [-0.39, 0.29) is 36.1 Å². The van der Waals surface area contributed by atoms with Gasteiger partial charge in [-0.2, -0.15) is 10.1 Å². The SMILES string of the molecule is CC.CC.CC(C)C(=O)c1nonc1C1CC1.COCCN1CCN(c2nc3nc(C(C)COC(C)(C)C(C)(F)CF)cn3nc2C[C@H]2CCCNC2=O)CC1. The zero-order chi connectivity index (χ0) is 41.6. The quantitative estimate of drug-likeness (QED) is 0.170. The van der Waals surface area contributed by atoms with E-state index in [1.165, 1.54) is 6.92 Å². The fourth-order valence-electron chi connectivity index (χ4n) is 6.15. The minimum Gasteiger partial charge on any atom is -0.383 e. The van der Waals surface area contributed by atoms with Crippen molar-refractivity contribution < 1.29 is 32.5 Å². The lowest BCUT2D eigenvalue weighted by molar-refractivity contribution is -0.128. The zero-order valence-electron chi connectivity index (χ0n) is 35.7. The molecule has 0 radical (unpaired) electrons. The van der Waals surface area contributed by atoms with Crippen molar-refractivity contribution in [2.24, 2.45) is 11.8 Å². The van der Waals surface area contributed by atoms with Gasteiger partial charge in [0.15, 0.2) is 23.0 Å². The second-order valence-corrected chi connectivity index (χ2v) is 15.3. The van der Waals surface area contributed by atoms with Gasteiger partial charge in [0.05, 0.1) is 30.7 Å². The monoisotopic (exact) mass is 792 g/mol. The van der Waals surface area contributed by atoms with Gasteiger partial charge in [-0.3, -0.25) is 14.5 Å². The van der Waals surface area contributed by atoms with Gasteiger partial charge in [0.2, 0.25) is 5.91 Å². The zero-order valence-corrected chi connectivity index (χ0v) is 35.7. The van der Waals surface area contributed by atoms with Crippen molar-refractivity contribution in [1.29, 1.82) is 0 Å². The van der Waals surface area contributed by atoms with Crippen LogP contribution in [0.1, 0.15) is 134 Å². The number of Topliss-reactive ketones (excluding diaryl/α,β-unsaturated/α-hetero) is 1. The van der Waals surface area contributed by atoms with E-state index in [4.69, 9.17) is 24.5 Å². The summed E-state index contributed by atoms with van der Waals surface area (Å²) in [6, 6.07) is 0. The number of hydrogen-bond acceptors (Lipinski definition) is 12. The number of carbonyl (C=O) groups excluding carboxylic acids is 2. The average Bonchev–Trinajstić information content (AvgIpc) is 3.78. The molecule has 3 aliphatic rings. The molecule has 14 nitrogen and oxygen atoms in total. The summed E-state index contributed by atoms with van der Waals surface area (Å²) in [6.45, 7) is 22.7. The van der Waals surface area contributed by atoms with E-state index in [2.05, 4.69) is 30.1 Å². The first-order valence-corrected chi connectivity index (χ1v) is 20.5. The van der Waals surface area contributed by atoms with Gasteiger partial charge in [-0.15, -0.1) is 0 Å². The third kappa shape index (κ3) is 12.2. The van der Waals surface area contributed by atoms with Crippen LogP contribution in [0, 0.1) is 11.8 Å². The maximum absolute atomic E-state index is 14.6. The highest BCUT2D eigenvalue weighted by Crippen LogP contribution is 2.40. The topological polar surface area (TPSA) is 153 Å². The van der Waals surface area contributed by atoms with Gasteiger partial charge >= 0.3 is 0 Å². The molecule has 6 rings (SSSR count). The van der Waals surface area contributed by atoms with Crippen LogP contribution in [-0.4, -0.2) is 124 Å². The van der Waals surface area contributed by atoms with E-state index < -0.39 is 17.9 Å². The summed E-state index contributed by atoms with van der Waals surface area (Å²) >= 11 is 0. The first-order valence-electron chi connectivity index (χ1n) is 20.5. The summed E-state index contributed by atoms with van der Waals surface area (Å²) in [7, 11) is 1.71. The molecule has 0 bridgehead atoms. The van der Waals surface area contributed by atoms with Crippen LogP contribution in [0.5, 0.6) is 0 Å². The minimum atomic E-state index is -2.10. The van der Waals surface area contributed by atoms with Gasteiger partial charge in [-0.1, -0.05) is 53.6 Å². The van der Waals surface area contributed by atoms with Crippen molar-refractivity contribution in [3.63, 3.8) is 0 Å². The number of methoxy groups -OCH3 is 1. The number of ether oxygens (including phenoxy) is 2.